The Morgan fingerprint density at radius 1 is 0.857 bits per heavy atom. The molecular weight excluding hydrogens is 356 g/mol. The SMILES string of the molecule is COc1ccc(Oc2nc(Nc3cc(C)[nH]n3)cc3c(OC)cccc23)cc1. The molecule has 2 aromatic carbocycles. The van der Waals surface area contributed by atoms with E-state index in [0.29, 0.717) is 23.3 Å². The second-order valence-corrected chi connectivity index (χ2v) is 6.21. The molecule has 0 spiro atoms. The van der Waals surface area contributed by atoms with Crippen molar-refractivity contribution in [2.24, 2.45) is 0 Å². The zero-order chi connectivity index (χ0) is 19.5. The van der Waals surface area contributed by atoms with Crippen LogP contribution >= 0.6 is 0 Å². The van der Waals surface area contributed by atoms with Gasteiger partial charge in [0, 0.05) is 22.5 Å². The number of aromatic nitrogens is 3. The van der Waals surface area contributed by atoms with E-state index in [0.717, 1.165) is 28.0 Å². The summed E-state index contributed by atoms with van der Waals surface area (Å²) in [6.45, 7) is 1.94. The lowest BCUT2D eigenvalue weighted by Gasteiger charge is -2.13. The minimum absolute atomic E-state index is 0.469. The molecule has 0 radical (unpaired) electrons. The number of pyridine rings is 1. The lowest BCUT2D eigenvalue weighted by Crippen LogP contribution is -1.98. The third kappa shape index (κ3) is 3.55. The van der Waals surface area contributed by atoms with E-state index in [9.17, 15) is 0 Å². The summed E-state index contributed by atoms with van der Waals surface area (Å²) in [7, 11) is 3.27. The van der Waals surface area contributed by atoms with E-state index >= 15 is 0 Å². The standard InChI is InChI=1S/C21H20N4O3/c1-13-11-20(25-24-13)22-19-12-17-16(5-4-6-18(17)27-3)21(23-19)28-15-9-7-14(26-2)8-10-15/h4-12H,1-3H3,(H2,22,23,24,25). The normalized spacial score (nSPS) is 10.7. The van der Waals surface area contributed by atoms with Crippen LogP contribution in [-0.4, -0.2) is 29.4 Å². The molecule has 4 aromatic rings. The average Bonchev–Trinajstić information content (AvgIpc) is 3.12. The van der Waals surface area contributed by atoms with E-state index in [1.54, 1.807) is 14.2 Å². The molecule has 2 heterocycles. The van der Waals surface area contributed by atoms with E-state index in [-0.39, 0.29) is 0 Å². The first kappa shape index (κ1) is 17.7. The first-order valence-corrected chi connectivity index (χ1v) is 8.75. The quantitative estimate of drug-likeness (QED) is 0.502. The second-order valence-electron chi connectivity index (χ2n) is 6.21. The van der Waals surface area contributed by atoms with Crippen LogP contribution in [0.25, 0.3) is 10.8 Å². The van der Waals surface area contributed by atoms with E-state index in [1.807, 2.05) is 61.5 Å². The highest BCUT2D eigenvalue weighted by Crippen LogP contribution is 2.36. The lowest BCUT2D eigenvalue weighted by molar-refractivity contribution is 0.412. The number of nitrogens with zero attached hydrogens (tertiary/aromatic N) is 2. The van der Waals surface area contributed by atoms with Gasteiger partial charge in [-0.3, -0.25) is 5.10 Å². The number of rotatable bonds is 6. The van der Waals surface area contributed by atoms with Crippen molar-refractivity contribution in [3.63, 3.8) is 0 Å². The molecule has 0 atom stereocenters. The number of anilines is 2. The highest BCUT2D eigenvalue weighted by Gasteiger charge is 2.13. The van der Waals surface area contributed by atoms with E-state index in [1.165, 1.54) is 0 Å². The van der Waals surface area contributed by atoms with Crippen molar-refractivity contribution in [3.8, 4) is 23.1 Å². The Labute approximate surface area is 162 Å². The Bertz CT molecular complexity index is 1110. The molecule has 7 nitrogen and oxygen atoms in total. The van der Waals surface area contributed by atoms with Crippen molar-refractivity contribution >= 4 is 22.4 Å². The summed E-state index contributed by atoms with van der Waals surface area (Å²) in [6, 6.07) is 16.9. The van der Waals surface area contributed by atoms with Gasteiger partial charge in [-0.1, -0.05) is 6.07 Å². The number of ether oxygens (including phenoxy) is 3. The summed E-state index contributed by atoms with van der Waals surface area (Å²) in [5, 5.41) is 12.0. The summed E-state index contributed by atoms with van der Waals surface area (Å²) in [6.07, 6.45) is 0. The molecule has 0 bridgehead atoms. The molecule has 7 heteroatoms. The third-order valence-corrected chi connectivity index (χ3v) is 4.26. The summed E-state index contributed by atoms with van der Waals surface area (Å²) in [5.74, 6) is 3.90. The first-order valence-electron chi connectivity index (χ1n) is 8.75. The molecule has 4 rings (SSSR count). The monoisotopic (exact) mass is 376 g/mol. The number of aromatic amines is 1. The van der Waals surface area contributed by atoms with Gasteiger partial charge in [-0.2, -0.15) is 10.1 Å². The number of H-pyrrole nitrogens is 1. The average molecular weight is 376 g/mol. The van der Waals surface area contributed by atoms with Crippen molar-refractivity contribution in [1.82, 2.24) is 15.2 Å². The topological polar surface area (TPSA) is 81.3 Å². The highest BCUT2D eigenvalue weighted by atomic mass is 16.5. The number of fused-ring (bicyclic) bond motifs is 1. The number of nitrogens with one attached hydrogen (secondary N) is 2. The van der Waals surface area contributed by atoms with E-state index < -0.39 is 0 Å². The van der Waals surface area contributed by atoms with Crippen molar-refractivity contribution in [3.05, 3.63) is 60.3 Å². The van der Waals surface area contributed by atoms with Gasteiger partial charge in [0.05, 0.1) is 14.2 Å². The van der Waals surface area contributed by atoms with Gasteiger partial charge in [-0.15, -0.1) is 0 Å². The fourth-order valence-electron chi connectivity index (χ4n) is 2.91. The number of methoxy groups -OCH3 is 2. The predicted molar refractivity (Wildman–Crippen MR) is 108 cm³/mol. The zero-order valence-corrected chi connectivity index (χ0v) is 15.8. The van der Waals surface area contributed by atoms with Gasteiger partial charge in [0.25, 0.3) is 0 Å². The van der Waals surface area contributed by atoms with Crippen molar-refractivity contribution in [1.29, 1.82) is 0 Å². The molecule has 0 saturated carbocycles. The minimum Gasteiger partial charge on any atom is -0.497 e. The summed E-state index contributed by atoms with van der Waals surface area (Å²) >= 11 is 0. The van der Waals surface area contributed by atoms with E-state index in [2.05, 4.69) is 20.5 Å². The van der Waals surface area contributed by atoms with Crippen LogP contribution in [0.2, 0.25) is 0 Å². The smallest absolute Gasteiger partial charge is 0.229 e. The van der Waals surface area contributed by atoms with Crippen LogP contribution in [0, 0.1) is 6.92 Å². The van der Waals surface area contributed by atoms with Gasteiger partial charge < -0.3 is 19.5 Å². The fourth-order valence-corrected chi connectivity index (χ4v) is 2.91. The Hall–Kier alpha value is -3.74. The van der Waals surface area contributed by atoms with Crippen LogP contribution in [0.3, 0.4) is 0 Å². The molecule has 0 aliphatic carbocycles. The molecular formula is C21H20N4O3. The Kier molecular flexibility index (Phi) is 4.72. The lowest BCUT2D eigenvalue weighted by atomic mass is 10.1. The minimum atomic E-state index is 0.469. The summed E-state index contributed by atoms with van der Waals surface area (Å²) in [4.78, 5) is 4.64. The molecule has 0 unspecified atom stereocenters. The fraction of sp³-hybridized carbons (Fsp3) is 0.143. The largest absolute Gasteiger partial charge is 0.497 e. The van der Waals surface area contributed by atoms with Crippen LogP contribution in [0.15, 0.2) is 54.6 Å². The Balaban J connectivity index is 1.77. The number of hydrogen-bond acceptors (Lipinski definition) is 6. The maximum Gasteiger partial charge on any atom is 0.229 e. The highest BCUT2D eigenvalue weighted by molar-refractivity contribution is 5.94. The van der Waals surface area contributed by atoms with E-state index in [4.69, 9.17) is 14.2 Å². The molecule has 28 heavy (non-hydrogen) atoms. The molecule has 0 fully saturated rings. The second kappa shape index (κ2) is 7.48. The molecule has 0 amide bonds. The third-order valence-electron chi connectivity index (χ3n) is 4.26. The molecule has 2 N–H and O–H groups in total. The van der Waals surface area contributed by atoms with Crippen molar-refractivity contribution in [2.75, 3.05) is 19.5 Å². The maximum atomic E-state index is 6.08. The molecule has 0 aliphatic heterocycles. The molecule has 0 saturated heterocycles. The molecule has 2 aromatic heterocycles. The Morgan fingerprint density at radius 3 is 2.32 bits per heavy atom. The maximum absolute atomic E-state index is 6.08. The molecule has 142 valence electrons. The number of aryl methyl sites for hydroxylation is 1. The van der Waals surface area contributed by atoms with Gasteiger partial charge in [-0.05, 0) is 49.4 Å². The van der Waals surface area contributed by atoms with Gasteiger partial charge in [0.15, 0.2) is 5.82 Å². The van der Waals surface area contributed by atoms with Crippen LogP contribution in [0.1, 0.15) is 5.69 Å². The van der Waals surface area contributed by atoms with Crippen LogP contribution < -0.4 is 19.5 Å². The van der Waals surface area contributed by atoms with Crippen LogP contribution in [0.5, 0.6) is 23.1 Å². The van der Waals surface area contributed by atoms with Crippen molar-refractivity contribution < 1.29 is 14.2 Å². The van der Waals surface area contributed by atoms with Crippen molar-refractivity contribution in [2.45, 2.75) is 6.92 Å². The van der Waals surface area contributed by atoms with Gasteiger partial charge in [0.2, 0.25) is 5.88 Å². The summed E-state index contributed by atoms with van der Waals surface area (Å²) in [5.41, 5.74) is 0.954. The first-order chi connectivity index (χ1) is 13.7. The predicted octanol–water partition coefficient (Wildman–Crippen LogP) is 4.82. The van der Waals surface area contributed by atoms with Crippen LogP contribution in [-0.2, 0) is 0 Å². The summed E-state index contributed by atoms with van der Waals surface area (Å²) < 4.78 is 16.8. The number of benzene rings is 2. The Morgan fingerprint density at radius 2 is 1.64 bits per heavy atom. The number of hydrogen-bond donors (Lipinski definition) is 2. The van der Waals surface area contributed by atoms with Gasteiger partial charge in [-0.25, -0.2) is 0 Å². The molecule has 0 aliphatic rings. The van der Waals surface area contributed by atoms with Gasteiger partial charge in [0.1, 0.15) is 23.1 Å². The van der Waals surface area contributed by atoms with Crippen LogP contribution in [0.4, 0.5) is 11.6 Å². The zero-order valence-electron chi connectivity index (χ0n) is 15.8. The van der Waals surface area contributed by atoms with Gasteiger partial charge >= 0.3 is 0 Å².